The van der Waals surface area contributed by atoms with Gasteiger partial charge in [-0.1, -0.05) is 6.07 Å². The van der Waals surface area contributed by atoms with Crippen molar-refractivity contribution < 1.29 is 9.59 Å². The zero-order valence-electron chi connectivity index (χ0n) is 14.8. The van der Waals surface area contributed by atoms with Crippen molar-refractivity contribution in [2.45, 2.75) is 26.4 Å². The molecule has 0 atom stereocenters. The fraction of sp³-hybridized carbons (Fsp3) is 0.444. The van der Waals surface area contributed by atoms with Crippen molar-refractivity contribution in [3.05, 3.63) is 46.5 Å². The number of hydrogen-bond acceptors (Lipinski definition) is 5. The van der Waals surface area contributed by atoms with Crippen molar-refractivity contribution in [3.63, 3.8) is 0 Å². The zero-order chi connectivity index (χ0) is 18.1. The Hall–Kier alpha value is -2.74. The van der Waals surface area contributed by atoms with E-state index >= 15 is 0 Å². The van der Waals surface area contributed by atoms with Gasteiger partial charge >= 0.3 is 0 Å². The van der Waals surface area contributed by atoms with E-state index in [0.29, 0.717) is 25.3 Å². The highest BCUT2D eigenvalue weighted by molar-refractivity contribution is 5.96. The highest BCUT2D eigenvalue weighted by Crippen LogP contribution is 2.23. The minimum atomic E-state index is -0.173. The van der Waals surface area contributed by atoms with E-state index in [2.05, 4.69) is 25.4 Å². The van der Waals surface area contributed by atoms with Crippen molar-refractivity contribution >= 4 is 11.8 Å². The fourth-order valence-electron chi connectivity index (χ4n) is 3.54. The minimum absolute atomic E-state index is 0.0946. The van der Waals surface area contributed by atoms with E-state index in [9.17, 15) is 9.59 Å². The van der Waals surface area contributed by atoms with Crippen molar-refractivity contribution in [2.24, 2.45) is 0 Å². The first-order valence-corrected chi connectivity index (χ1v) is 8.87. The van der Waals surface area contributed by atoms with E-state index in [4.69, 9.17) is 0 Å². The Bertz CT molecular complexity index is 846. The number of fused-ring (bicyclic) bond motifs is 1. The number of carbonyl (C=O) groups is 2. The summed E-state index contributed by atoms with van der Waals surface area (Å²) in [7, 11) is 0. The Morgan fingerprint density at radius 2 is 2.15 bits per heavy atom. The molecule has 2 aliphatic rings. The standard InChI is InChI=1S/C18H22N6O2/c1-12-3-2-4-13(20-12)9-23-7-5-15-14(10-23)17(22-21-15)18(26)24-8-6-19-16(25)11-24/h2-4H,5-11H2,1H3,(H,19,25)(H,21,22). The summed E-state index contributed by atoms with van der Waals surface area (Å²) in [6.07, 6.45) is 0.821. The molecular formula is C18H22N6O2. The first-order valence-electron chi connectivity index (χ1n) is 8.87. The summed E-state index contributed by atoms with van der Waals surface area (Å²) < 4.78 is 0. The number of H-pyrrole nitrogens is 1. The molecule has 26 heavy (non-hydrogen) atoms. The molecule has 2 aromatic heterocycles. The first kappa shape index (κ1) is 16.7. The molecule has 2 amide bonds. The number of nitrogens with one attached hydrogen (secondary N) is 2. The van der Waals surface area contributed by atoms with E-state index in [1.807, 2.05) is 25.1 Å². The SMILES string of the molecule is Cc1cccc(CN2CCc3[nH]nc(C(=O)N4CCNC(=O)C4)c3C2)n1. The number of aryl methyl sites for hydroxylation is 1. The average molecular weight is 354 g/mol. The third kappa shape index (κ3) is 3.32. The maximum absolute atomic E-state index is 12.8. The molecule has 0 saturated carbocycles. The van der Waals surface area contributed by atoms with E-state index in [1.165, 1.54) is 0 Å². The molecule has 2 aliphatic heterocycles. The molecule has 1 fully saturated rings. The second-order valence-electron chi connectivity index (χ2n) is 6.84. The molecule has 2 N–H and O–H groups in total. The molecule has 0 spiro atoms. The quantitative estimate of drug-likeness (QED) is 0.824. The monoisotopic (exact) mass is 354 g/mol. The number of carbonyl (C=O) groups excluding carboxylic acids is 2. The van der Waals surface area contributed by atoms with E-state index in [-0.39, 0.29) is 18.4 Å². The van der Waals surface area contributed by atoms with Crippen LogP contribution in [-0.2, 0) is 24.3 Å². The van der Waals surface area contributed by atoms with Gasteiger partial charge in [0.05, 0.1) is 12.2 Å². The molecule has 2 aromatic rings. The summed E-state index contributed by atoms with van der Waals surface area (Å²) in [5.74, 6) is -0.297. The Balaban J connectivity index is 1.50. The van der Waals surface area contributed by atoms with E-state index in [0.717, 1.165) is 42.2 Å². The number of piperazine rings is 1. The molecule has 0 aliphatic carbocycles. The van der Waals surface area contributed by atoms with Gasteiger partial charge in [-0.15, -0.1) is 0 Å². The molecule has 8 heteroatoms. The van der Waals surface area contributed by atoms with Crippen LogP contribution in [0, 0.1) is 6.92 Å². The van der Waals surface area contributed by atoms with Crippen molar-refractivity contribution in [1.82, 2.24) is 30.3 Å². The lowest BCUT2D eigenvalue weighted by molar-refractivity contribution is -0.123. The van der Waals surface area contributed by atoms with Gasteiger partial charge in [-0.2, -0.15) is 5.10 Å². The van der Waals surface area contributed by atoms with Gasteiger partial charge in [-0.3, -0.25) is 24.6 Å². The summed E-state index contributed by atoms with van der Waals surface area (Å²) >= 11 is 0. The van der Waals surface area contributed by atoms with Gasteiger partial charge in [0.2, 0.25) is 5.91 Å². The largest absolute Gasteiger partial charge is 0.353 e. The molecule has 0 unspecified atom stereocenters. The normalized spacial score (nSPS) is 17.7. The van der Waals surface area contributed by atoms with Crippen molar-refractivity contribution in [1.29, 1.82) is 0 Å². The summed E-state index contributed by atoms with van der Waals surface area (Å²) in [6.45, 7) is 5.38. The minimum Gasteiger partial charge on any atom is -0.353 e. The second kappa shape index (κ2) is 6.87. The number of aromatic amines is 1. The van der Waals surface area contributed by atoms with Gasteiger partial charge in [0.25, 0.3) is 5.91 Å². The Morgan fingerprint density at radius 3 is 2.96 bits per heavy atom. The molecule has 8 nitrogen and oxygen atoms in total. The maximum Gasteiger partial charge on any atom is 0.275 e. The zero-order valence-corrected chi connectivity index (χ0v) is 14.8. The summed E-state index contributed by atoms with van der Waals surface area (Å²) in [6, 6.07) is 6.02. The summed E-state index contributed by atoms with van der Waals surface area (Å²) in [5.41, 5.74) is 4.43. The van der Waals surface area contributed by atoms with Crippen LogP contribution in [0.3, 0.4) is 0 Å². The van der Waals surface area contributed by atoms with E-state index in [1.54, 1.807) is 4.90 Å². The van der Waals surface area contributed by atoms with Gasteiger partial charge in [0.1, 0.15) is 0 Å². The lowest BCUT2D eigenvalue weighted by Crippen LogP contribution is -2.50. The highest BCUT2D eigenvalue weighted by atomic mass is 16.2. The molecule has 0 aromatic carbocycles. The van der Waals surface area contributed by atoms with Crippen molar-refractivity contribution in [2.75, 3.05) is 26.2 Å². The average Bonchev–Trinajstić information content (AvgIpc) is 3.04. The smallest absolute Gasteiger partial charge is 0.275 e. The number of rotatable bonds is 3. The van der Waals surface area contributed by atoms with Crippen LogP contribution in [0.5, 0.6) is 0 Å². The predicted octanol–water partition coefficient (Wildman–Crippen LogP) is 0.243. The Kier molecular flexibility index (Phi) is 4.42. The maximum atomic E-state index is 12.8. The van der Waals surface area contributed by atoms with Gasteiger partial charge in [-0.05, 0) is 19.1 Å². The van der Waals surface area contributed by atoms with Gasteiger partial charge < -0.3 is 10.2 Å². The number of nitrogens with zero attached hydrogens (tertiary/aromatic N) is 4. The topological polar surface area (TPSA) is 94.2 Å². The molecular weight excluding hydrogens is 332 g/mol. The summed E-state index contributed by atoms with van der Waals surface area (Å²) in [5, 5.41) is 10.0. The first-order chi connectivity index (χ1) is 12.6. The number of amides is 2. The predicted molar refractivity (Wildman–Crippen MR) is 94.3 cm³/mol. The van der Waals surface area contributed by atoms with Crippen LogP contribution in [0.25, 0.3) is 0 Å². The Morgan fingerprint density at radius 1 is 1.27 bits per heavy atom. The third-order valence-electron chi connectivity index (χ3n) is 4.87. The highest BCUT2D eigenvalue weighted by Gasteiger charge is 2.30. The van der Waals surface area contributed by atoms with Crippen LogP contribution in [0.15, 0.2) is 18.2 Å². The van der Waals surface area contributed by atoms with Gasteiger partial charge in [0.15, 0.2) is 5.69 Å². The molecule has 4 rings (SSSR count). The molecule has 1 saturated heterocycles. The van der Waals surface area contributed by atoms with Crippen LogP contribution >= 0.6 is 0 Å². The molecule has 136 valence electrons. The van der Waals surface area contributed by atoms with E-state index < -0.39 is 0 Å². The molecule has 0 radical (unpaired) electrons. The number of hydrogen-bond donors (Lipinski definition) is 2. The second-order valence-corrected chi connectivity index (χ2v) is 6.84. The number of aromatic nitrogens is 3. The van der Waals surface area contributed by atoms with Crippen molar-refractivity contribution in [3.8, 4) is 0 Å². The fourth-order valence-corrected chi connectivity index (χ4v) is 3.54. The van der Waals surface area contributed by atoms with Crippen LogP contribution < -0.4 is 5.32 Å². The van der Waals surface area contributed by atoms with Gasteiger partial charge in [0, 0.05) is 56.1 Å². The molecule has 4 heterocycles. The summed E-state index contributed by atoms with van der Waals surface area (Å²) in [4.78, 5) is 32.8. The molecule has 0 bridgehead atoms. The van der Waals surface area contributed by atoms with Crippen LogP contribution in [-0.4, -0.2) is 63.0 Å². The number of pyridine rings is 1. The van der Waals surface area contributed by atoms with Crippen LogP contribution in [0.2, 0.25) is 0 Å². The van der Waals surface area contributed by atoms with Gasteiger partial charge in [-0.25, -0.2) is 0 Å². The lowest BCUT2D eigenvalue weighted by Gasteiger charge is -2.28. The van der Waals surface area contributed by atoms with Crippen LogP contribution in [0.4, 0.5) is 0 Å². The third-order valence-corrected chi connectivity index (χ3v) is 4.87. The Labute approximate surface area is 151 Å². The van der Waals surface area contributed by atoms with Crippen LogP contribution in [0.1, 0.15) is 33.1 Å². The lowest BCUT2D eigenvalue weighted by atomic mass is 10.0.